The third kappa shape index (κ3) is 3.92. The molecule has 0 saturated carbocycles. The van der Waals surface area contributed by atoms with Crippen molar-refractivity contribution in [3.63, 3.8) is 0 Å². The molecule has 0 fully saturated rings. The van der Waals surface area contributed by atoms with Crippen LogP contribution in [0.4, 0.5) is 0 Å². The Kier molecular flexibility index (Phi) is 6.19. The molecule has 0 bridgehead atoms. The van der Waals surface area contributed by atoms with Gasteiger partial charge in [0.15, 0.2) is 5.78 Å². The Morgan fingerprint density at radius 3 is 2.67 bits per heavy atom. The van der Waals surface area contributed by atoms with Crippen LogP contribution in [0.2, 0.25) is 0 Å². The summed E-state index contributed by atoms with van der Waals surface area (Å²) in [5.74, 6) is -1.96. The Morgan fingerprint density at radius 2 is 2.03 bits per heavy atom. The summed E-state index contributed by atoms with van der Waals surface area (Å²) in [5, 5.41) is 0. The summed E-state index contributed by atoms with van der Waals surface area (Å²) >= 11 is 0. The van der Waals surface area contributed by atoms with Crippen LogP contribution in [0.25, 0.3) is 9.69 Å². The van der Waals surface area contributed by atoms with Crippen LogP contribution >= 0.6 is 0 Å². The van der Waals surface area contributed by atoms with Gasteiger partial charge in [-0.2, -0.15) is 4.89 Å². The number of hydrogen-bond donors (Lipinski definition) is 0. The highest BCUT2D eigenvalue weighted by Crippen LogP contribution is 2.49. The normalized spacial score (nSPS) is 24.3. The Hall–Kier alpha value is -3.23. The maximum absolute atomic E-state index is 12.6. The lowest BCUT2D eigenvalue weighted by atomic mass is 9.76. The van der Waals surface area contributed by atoms with Crippen molar-refractivity contribution in [3.8, 4) is 0 Å². The van der Waals surface area contributed by atoms with Crippen LogP contribution in [0.3, 0.4) is 0 Å². The average Bonchev–Trinajstić information content (AvgIpc) is 2.94. The van der Waals surface area contributed by atoms with Gasteiger partial charge in [-0.1, -0.05) is 12.2 Å². The minimum atomic E-state index is -1.49. The van der Waals surface area contributed by atoms with Crippen LogP contribution in [-0.4, -0.2) is 36.6 Å². The third-order valence-corrected chi connectivity index (χ3v) is 5.67. The fraction of sp³-hybridized carbons (Fsp3) is 0.500. The summed E-state index contributed by atoms with van der Waals surface area (Å²) in [5.41, 5.74) is 0.864. The van der Waals surface area contributed by atoms with Gasteiger partial charge in [-0.05, 0) is 30.9 Å². The van der Waals surface area contributed by atoms with Crippen LogP contribution in [-0.2, 0) is 28.9 Å². The van der Waals surface area contributed by atoms with Crippen LogP contribution in [0.15, 0.2) is 34.4 Å². The summed E-state index contributed by atoms with van der Waals surface area (Å²) in [6.45, 7) is 18.6. The first-order chi connectivity index (χ1) is 14.3. The largest absolute Gasteiger partial charge is 0.510 e. The van der Waals surface area contributed by atoms with E-state index in [1.165, 1.54) is 6.92 Å². The fourth-order valence-electron chi connectivity index (χ4n) is 4.24. The molecule has 3 aliphatic carbocycles. The highest BCUT2D eigenvalue weighted by molar-refractivity contribution is 6.03. The summed E-state index contributed by atoms with van der Waals surface area (Å²) in [7, 11) is 0. The van der Waals surface area contributed by atoms with Gasteiger partial charge >= 0.3 is 17.6 Å². The van der Waals surface area contributed by atoms with E-state index in [9.17, 15) is 14.4 Å². The molecule has 30 heavy (non-hydrogen) atoms. The molecule has 0 aromatic carbocycles. The molecule has 0 N–H and O–H groups in total. The number of rotatable bonds is 5. The zero-order chi connectivity index (χ0) is 21.9. The van der Waals surface area contributed by atoms with Crippen LogP contribution < -0.4 is 0 Å². The minimum absolute atomic E-state index is 0.0601. The molecule has 8 nitrogen and oxygen atoms in total. The molecule has 2 atom stereocenters. The van der Waals surface area contributed by atoms with Crippen LogP contribution in [0.1, 0.15) is 39.5 Å². The highest BCUT2D eigenvalue weighted by atomic mass is 17.2. The third-order valence-electron chi connectivity index (χ3n) is 5.67. The molecule has 0 unspecified atom stereocenters. The Morgan fingerprint density at radius 1 is 1.30 bits per heavy atom. The van der Waals surface area contributed by atoms with E-state index in [1.54, 1.807) is 13.0 Å². The van der Waals surface area contributed by atoms with Crippen molar-refractivity contribution >= 4 is 17.7 Å². The molecular weight excluding hydrogens is 388 g/mol. The van der Waals surface area contributed by atoms with E-state index < -0.39 is 23.5 Å². The smallest absolute Gasteiger partial charge is 0.461 e. The number of nitrogens with zero attached hydrogens (tertiary/aromatic N) is 2. The second-order valence-electron chi connectivity index (χ2n) is 7.49. The molecule has 156 valence electrons. The molecule has 0 amide bonds. The van der Waals surface area contributed by atoms with Gasteiger partial charge in [0.2, 0.25) is 0 Å². The van der Waals surface area contributed by atoms with Gasteiger partial charge in [-0.3, -0.25) is 14.5 Å². The van der Waals surface area contributed by atoms with Crippen molar-refractivity contribution in [2.75, 3.05) is 13.2 Å². The highest BCUT2D eigenvalue weighted by Gasteiger charge is 2.56. The SMILES string of the molecule is [C-]#[N+]C1([N+]#[C-])CC2=C(COC(C)=O)C(=O)CC2=C[C@@H]2C[C@@H](C(=O)OOCC)CC=C21. The van der Waals surface area contributed by atoms with Gasteiger partial charge in [0.25, 0.3) is 0 Å². The van der Waals surface area contributed by atoms with Gasteiger partial charge in [-0.25, -0.2) is 27.6 Å². The second-order valence-corrected chi connectivity index (χ2v) is 7.49. The first-order valence-corrected chi connectivity index (χ1v) is 9.75. The number of ether oxygens (including phenoxy) is 1. The number of fused-ring (bicyclic) bond motifs is 2. The predicted molar refractivity (Wildman–Crippen MR) is 104 cm³/mol. The van der Waals surface area contributed by atoms with E-state index in [4.69, 9.17) is 27.7 Å². The van der Waals surface area contributed by atoms with Crippen molar-refractivity contribution < 1.29 is 28.9 Å². The molecule has 0 saturated heterocycles. The van der Waals surface area contributed by atoms with Crippen molar-refractivity contribution in [1.29, 1.82) is 0 Å². The van der Waals surface area contributed by atoms with Gasteiger partial charge in [0.1, 0.15) is 18.6 Å². The number of carbonyl (C=O) groups excluding carboxylic acids is 3. The number of ketones is 1. The second kappa shape index (κ2) is 8.64. The molecule has 0 spiro atoms. The molecule has 0 radical (unpaired) electrons. The predicted octanol–water partition coefficient (Wildman–Crippen LogP) is 3.13. The summed E-state index contributed by atoms with van der Waals surface area (Å²) in [6.07, 6.45) is 4.59. The fourth-order valence-corrected chi connectivity index (χ4v) is 4.24. The van der Waals surface area contributed by atoms with E-state index in [1.807, 2.05) is 6.08 Å². The van der Waals surface area contributed by atoms with E-state index in [-0.39, 0.29) is 37.8 Å². The van der Waals surface area contributed by atoms with Gasteiger partial charge in [0, 0.05) is 24.8 Å². The maximum atomic E-state index is 12.6. The Labute approximate surface area is 174 Å². The minimum Gasteiger partial charge on any atom is -0.461 e. The molecule has 0 aliphatic heterocycles. The lowest BCUT2D eigenvalue weighted by molar-refractivity contribution is -0.273. The van der Waals surface area contributed by atoms with Crippen LogP contribution in [0, 0.1) is 25.0 Å². The molecule has 3 rings (SSSR count). The van der Waals surface area contributed by atoms with Crippen molar-refractivity contribution in [3.05, 3.63) is 57.3 Å². The molecule has 0 aromatic rings. The first kappa shape index (κ1) is 21.5. The quantitative estimate of drug-likeness (QED) is 0.228. The lowest BCUT2D eigenvalue weighted by Crippen LogP contribution is -2.32. The number of hydrogen-bond acceptors (Lipinski definition) is 6. The number of carbonyl (C=O) groups is 3. The Bertz CT molecular complexity index is 945. The number of esters is 1. The van der Waals surface area contributed by atoms with Gasteiger partial charge < -0.3 is 4.74 Å². The summed E-state index contributed by atoms with van der Waals surface area (Å²) < 4.78 is 5.04. The zero-order valence-electron chi connectivity index (χ0n) is 16.9. The average molecular weight is 410 g/mol. The summed E-state index contributed by atoms with van der Waals surface area (Å²) in [4.78, 5) is 53.0. The maximum Gasteiger partial charge on any atom is 0.510 e. The molecule has 3 aliphatic rings. The summed E-state index contributed by atoms with van der Waals surface area (Å²) in [6, 6.07) is 0. The monoisotopic (exact) mass is 410 g/mol. The van der Waals surface area contributed by atoms with Gasteiger partial charge in [-0.15, -0.1) is 0 Å². The number of Topliss-reactive ketones (excluding diaryl/α,β-unsaturated/α-hetero) is 1. The topological polar surface area (TPSA) is 87.6 Å². The van der Waals surface area contributed by atoms with E-state index in [2.05, 4.69) is 9.69 Å². The number of allylic oxidation sites excluding steroid dienone is 3. The van der Waals surface area contributed by atoms with Crippen molar-refractivity contribution in [1.82, 2.24) is 0 Å². The van der Waals surface area contributed by atoms with Crippen LogP contribution in [0.5, 0.6) is 0 Å². The van der Waals surface area contributed by atoms with E-state index in [0.717, 1.165) is 5.57 Å². The zero-order valence-corrected chi connectivity index (χ0v) is 16.9. The van der Waals surface area contributed by atoms with E-state index in [0.29, 0.717) is 29.6 Å². The van der Waals surface area contributed by atoms with E-state index >= 15 is 0 Å². The molecule has 0 heterocycles. The standard InChI is InChI=1S/C22H22N2O6/c1-5-29-30-21(27)14-6-7-19-16(8-14)9-15-10-20(26)18(12-28-13(2)25)17(15)11-22(19,23-3)24-4/h7,9,14,16H,5-6,8,10-12H2,1-2H3/t14-,16-/m0/s1. The molecule has 0 aromatic heterocycles. The molecular formula is C22H22N2O6. The van der Waals surface area contributed by atoms with Crippen molar-refractivity contribution in [2.45, 2.75) is 45.2 Å². The van der Waals surface area contributed by atoms with Gasteiger partial charge in [0.05, 0.1) is 12.5 Å². The first-order valence-electron chi connectivity index (χ1n) is 9.75. The Balaban J connectivity index is 2.01. The van der Waals surface area contributed by atoms with Crippen molar-refractivity contribution in [2.24, 2.45) is 11.8 Å². The molecule has 8 heteroatoms. The lowest BCUT2D eigenvalue weighted by Gasteiger charge is -2.26.